The molecule has 0 atom stereocenters. The molecule has 0 fully saturated rings. The van der Waals surface area contributed by atoms with Crippen LogP contribution in [0.1, 0.15) is 211 Å². The smallest absolute Gasteiger partial charge is 0.449 e. The van der Waals surface area contributed by atoms with Crippen LogP contribution >= 0.6 is 10.3 Å². The van der Waals surface area contributed by atoms with Crippen molar-refractivity contribution in [3.8, 4) is 0 Å². The Morgan fingerprint density at radius 3 is 1.07 bits per heavy atom. The fourth-order valence-corrected chi connectivity index (χ4v) is 11.8. The van der Waals surface area contributed by atoms with Crippen molar-refractivity contribution in [3.63, 3.8) is 0 Å². The lowest BCUT2D eigenvalue weighted by atomic mass is 9.94. The molecule has 0 aliphatic heterocycles. The van der Waals surface area contributed by atoms with Gasteiger partial charge in [0.25, 0.3) is 0 Å². The molecule has 0 aliphatic rings. The first-order valence-electron chi connectivity index (χ1n) is 23.6. The second kappa shape index (κ2) is 30.4. The van der Waals surface area contributed by atoms with Gasteiger partial charge in [0.15, 0.2) is 0 Å². The topological polar surface area (TPSA) is 46.5 Å². The van der Waals surface area contributed by atoms with E-state index >= 15 is 0 Å². The summed E-state index contributed by atoms with van der Waals surface area (Å²) in [5.74, 6) is 0. The molecule has 0 bridgehead atoms. The van der Waals surface area contributed by atoms with Gasteiger partial charge >= 0.3 is 6.16 Å². The Morgan fingerprint density at radius 2 is 0.750 bits per heavy atom. The highest BCUT2D eigenvalue weighted by Crippen LogP contribution is 2.71. The molecular formula is C52H82O3S. The fourth-order valence-electron chi connectivity index (χ4n) is 8.44. The summed E-state index contributed by atoms with van der Waals surface area (Å²) >= 11 is 0. The molecule has 0 unspecified atom stereocenters. The van der Waals surface area contributed by atoms with Crippen molar-refractivity contribution >= 4 is 16.5 Å². The van der Waals surface area contributed by atoms with Gasteiger partial charge in [0, 0.05) is 14.7 Å². The van der Waals surface area contributed by atoms with E-state index in [1.54, 1.807) is 0 Å². The van der Waals surface area contributed by atoms with Crippen molar-refractivity contribution in [2.75, 3.05) is 0 Å². The first-order chi connectivity index (χ1) is 27.6. The van der Waals surface area contributed by atoms with Crippen LogP contribution in [0.3, 0.4) is 0 Å². The largest absolute Gasteiger partial charge is 0.517 e. The fraction of sp³-hybridized carbons (Fsp3) is 0.635. The van der Waals surface area contributed by atoms with Crippen molar-refractivity contribution in [1.29, 1.82) is 0 Å². The van der Waals surface area contributed by atoms with E-state index in [0.29, 0.717) is 0 Å². The normalized spacial score (nSPS) is 11.9. The van der Waals surface area contributed by atoms with Crippen molar-refractivity contribution in [2.45, 2.75) is 228 Å². The maximum atomic E-state index is 13.0. The van der Waals surface area contributed by atoms with Gasteiger partial charge in [-0.25, -0.2) is 4.79 Å². The molecule has 1 N–H and O–H groups in total. The van der Waals surface area contributed by atoms with Gasteiger partial charge in [-0.15, -0.1) is 0 Å². The zero-order valence-corrected chi connectivity index (χ0v) is 37.1. The van der Waals surface area contributed by atoms with E-state index in [1.807, 2.05) is 36.4 Å². The minimum atomic E-state index is -2.57. The highest BCUT2D eigenvalue weighted by molar-refractivity contribution is 8.30. The Balaban J connectivity index is 1.99. The van der Waals surface area contributed by atoms with Crippen LogP contribution in [0.5, 0.6) is 0 Å². The monoisotopic (exact) mass is 787 g/mol. The maximum Gasteiger partial charge on any atom is 0.517 e. The molecule has 0 saturated carbocycles. The van der Waals surface area contributed by atoms with Gasteiger partial charge < -0.3 is 9.29 Å². The first-order valence-corrected chi connectivity index (χ1v) is 25.1. The number of benzene rings is 3. The van der Waals surface area contributed by atoms with Gasteiger partial charge in [-0.1, -0.05) is 223 Å². The quantitative estimate of drug-likeness (QED) is 0.0613. The van der Waals surface area contributed by atoms with E-state index in [2.05, 4.69) is 57.2 Å². The zero-order chi connectivity index (χ0) is 39.9. The summed E-state index contributed by atoms with van der Waals surface area (Å²) in [5.41, 5.74) is 4.06. The van der Waals surface area contributed by atoms with Crippen LogP contribution in [0.2, 0.25) is 0 Å². The van der Waals surface area contributed by atoms with E-state index in [0.717, 1.165) is 46.8 Å². The van der Waals surface area contributed by atoms with Crippen molar-refractivity contribution < 1.29 is 14.1 Å². The second-order valence-electron chi connectivity index (χ2n) is 16.5. The molecule has 56 heavy (non-hydrogen) atoms. The van der Waals surface area contributed by atoms with Crippen LogP contribution in [-0.2, 0) is 23.4 Å². The average molecular weight is 787 g/mol. The molecule has 0 spiro atoms. The van der Waals surface area contributed by atoms with Crippen molar-refractivity contribution in [1.82, 2.24) is 0 Å². The standard InChI is InChI=1S/C52H82O3S/c1-4-7-10-13-16-19-22-25-30-37-46-44-47(38-31-26-23-20-17-14-11-8-5-2)51(48(45-46)39-32-27-24-21-18-15-12-9-6-3)56(55-52(53)54,49-40-33-28-34-41-49)50-42-35-29-36-43-50/h28-29,33-36,40-45H,4-27,30-32,37-39H2,1-3H3,(H,53,54). The zero-order valence-electron chi connectivity index (χ0n) is 36.3. The highest BCUT2D eigenvalue weighted by atomic mass is 32.3. The highest BCUT2D eigenvalue weighted by Gasteiger charge is 2.39. The minimum absolute atomic E-state index is 0.957. The summed E-state index contributed by atoms with van der Waals surface area (Å²) in [5, 5.41) is 10.6. The van der Waals surface area contributed by atoms with Crippen LogP contribution in [-0.4, -0.2) is 11.3 Å². The Hall–Kier alpha value is -2.72. The predicted molar refractivity (Wildman–Crippen MR) is 244 cm³/mol. The van der Waals surface area contributed by atoms with E-state index in [1.165, 1.54) is 177 Å². The average Bonchev–Trinajstić information content (AvgIpc) is 3.21. The van der Waals surface area contributed by atoms with Gasteiger partial charge in [-0.2, -0.15) is 0 Å². The van der Waals surface area contributed by atoms with Crippen LogP contribution in [0, 0.1) is 0 Å². The summed E-state index contributed by atoms with van der Waals surface area (Å²) in [4.78, 5) is 16.1. The van der Waals surface area contributed by atoms with Gasteiger partial charge in [0.2, 0.25) is 0 Å². The Kier molecular flexibility index (Phi) is 25.8. The van der Waals surface area contributed by atoms with Gasteiger partial charge in [0.05, 0.1) is 0 Å². The number of unbranched alkanes of at least 4 members (excludes halogenated alkanes) is 24. The molecule has 3 aromatic carbocycles. The molecule has 0 aromatic heterocycles. The van der Waals surface area contributed by atoms with Gasteiger partial charge in [-0.3, -0.25) is 0 Å². The van der Waals surface area contributed by atoms with Gasteiger partial charge in [-0.05, 0) is 89.8 Å². The van der Waals surface area contributed by atoms with E-state index in [9.17, 15) is 9.90 Å². The lowest BCUT2D eigenvalue weighted by Crippen LogP contribution is -2.16. The third-order valence-corrected chi connectivity index (χ3v) is 15.0. The summed E-state index contributed by atoms with van der Waals surface area (Å²) in [6.45, 7) is 6.87. The third-order valence-electron chi connectivity index (χ3n) is 11.6. The molecule has 0 heterocycles. The van der Waals surface area contributed by atoms with Crippen molar-refractivity contribution in [3.05, 3.63) is 89.5 Å². The molecule has 3 nitrogen and oxygen atoms in total. The summed E-state index contributed by atoms with van der Waals surface area (Å²) in [7, 11) is -2.57. The third kappa shape index (κ3) is 17.8. The van der Waals surface area contributed by atoms with E-state index in [-0.39, 0.29) is 0 Å². The van der Waals surface area contributed by atoms with E-state index in [4.69, 9.17) is 4.18 Å². The Morgan fingerprint density at radius 1 is 0.446 bits per heavy atom. The lowest BCUT2D eigenvalue weighted by Gasteiger charge is -2.41. The molecule has 0 amide bonds. The minimum Gasteiger partial charge on any atom is -0.449 e. The molecule has 0 radical (unpaired) electrons. The summed E-state index contributed by atoms with van der Waals surface area (Å²) in [6.07, 6.45) is 37.0. The molecule has 314 valence electrons. The summed E-state index contributed by atoms with van der Waals surface area (Å²) < 4.78 is 6.46. The maximum absolute atomic E-state index is 13.0. The van der Waals surface area contributed by atoms with Crippen LogP contribution < -0.4 is 0 Å². The SMILES string of the molecule is CCCCCCCCCCCc1cc(CCCCCCCCCCC)c(S(OC(=O)O)(c2ccccc2)c2ccccc2)c(CCCCCCCCCCC)c1. The molecule has 0 saturated heterocycles. The first kappa shape index (κ1) is 47.7. The predicted octanol–water partition coefficient (Wildman–Crippen LogP) is 17.8. The van der Waals surface area contributed by atoms with E-state index < -0.39 is 16.5 Å². The second-order valence-corrected chi connectivity index (χ2v) is 19.1. The molecule has 0 aliphatic carbocycles. The molecule has 4 heteroatoms. The molecule has 3 aromatic rings. The Bertz CT molecular complexity index is 1320. The molecular weight excluding hydrogens is 705 g/mol. The van der Waals surface area contributed by atoms with Crippen molar-refractivity contribution in [2.24, 2.45) is 0 Å². The number of hydrogen-bond acceptors (Lipinski definition) is 2. The van der Waals surface area contributed by atoms with Crippen LogP contribution in [0.15, 0.2) is 87.5 Å². The molecule has 3 rings (SSSR count). The lowest BCUT2D eigenvalue weighted by molar-refractivity contribution is 0.150. The number of hydrogen-bond donors (Lipinski definition) is 1. The van der Waals surface area contributed by atoms with Crippen LogP contribution in [0.25, 0.3) is 0 Å². The number of carbonyl (C=O) groups is 1. The summed E-state index contributed by atoms with van der Waals surface area (Å²) in [6, 6.07) is 25.6. The Labute approximate surface area is 346 Å². The van der Waals surface area contributed by atoms with Gasteiger partial charge in [0.1, 0.15) is 0 Å². The number of carboxylic acid groups (broad SMARTS) is 1. The number of rotatable bonds is 34. The number of aryl methyl sites for hydroxylation is 3. The van der Waals surface area contributed by atoms with Crippen LogP contribution in [0.4, 0.5) is 4.79 Å².